The number of anilines is 2. The number of carbonyl (C=O) groups excluding carboxylic acids is 1. The summed E-state index contributed by atoms with van der Waals surface area (Å²) in [6, 6.07) is 7.08. The average molecular weight is 294 g/mol. The Morgan fingerprint density at radius 2 is 2.15 bits per heavy atom. The molecule has 0 aliphatic carbocycles. The molecule has 6 heteroatoms. The van der Waals surface area contributed by atoms with E-state index in [2.05, 4.69) is 0 Å². The van der Waals surface area contributed by atoms with Crippen LogP contribution in [-0.2, 0) is 9.59 Å². The minimum absolute atomic E-state index is 0.0193. The molecule has 1 aromatic rings. The molecule has 0 spiro atoms. The lowest BCUT2D eigenvalue weighted by Crippen LogP contribution is -2.38. The fraction of sp³-hybridized carbons (Fsp3) is 0.429. The molecule has 1 aromatic carbocycles. The van der Waals surface area contributed by atoms with Gasteiger partial charge in [0.15, 0.2) is 0 Å². The van der Waals surface area contributed by atoms with Gasteiger partial charge in [0.2, 0.25) is 5.91 Å². The van der Waals surface area contributed by atoms with E-state index in [0.29, 0.717) is 11.4 Å². The Hall–Kier alpha value is -1.69. The molecule has 1 heterocycles. The van der Waals surface area contributed by atoms with Crippen LogP contribution in [0.25, 0.3) is 0 Å². The van der Waals surface area contributed by atoms with Crippen LogP contribution in [0.15, 0.2) is 24.3 Å². The summed E-state index contributed by atoms with van der Waals surface area (Å²) in [6.45, 7) is 0.156. The molecule has 1 fully saturated rings. The number of para-hydroxylation sites is 2. The number of amides is 1. The Bertz CT molecular complexity index is 501. The molecule has 1 saturated heterocycles. The van der Waals surface area contributed by atoms with Crippen molar-refractivity contribution in [3.63, 3.8) is 0 Å². The molecule has 20 heavy (non-hydrogen) atoms. The van der Waals surface area contributed by atoms with Crippen LogP contribution < -0.4 is 10.6 Å². The first-order valence-electron chi connectivity index (χ1n) is 6.55. The lowest BCUT2D eigenvalue weighted by molar-refractivity contribution is -0.136. The second-order valence-corrected chi connectivity index (χ2v) is 5.90. The van der Waals surface area contributed by atoms with Crippen molar-refractivity contribution < 1.29 is 14.7 Å². The number of benzene rings is 1. The molecule has 108 valence electrons. The molecule has 5 nitrogen and oxygen atoms in total. The van der Waals surface area contributed by atoms with E-state index >= 15 is 0 Å². The highest BCUT2D eigenvalue weighted by Crippen LogP contribution is 2.29. The van der Waals surface area contributed by atoms with Gasteiger partial charge in [-0.25, -0.2) is 0 Å². The molecular formula is C14H18N2O3S. The summed E-state index contributed by atoms with van der Waals surface area (Å²) < 4.78 is 0. The first-order valence-corrected chi connectivity index (χ1v) is 7.70. The maximum Gasteiger partial charge on any atom is 0.305 e. The number of rotatable bonds is 5. The first kappa shape index (κ1) is 14.7. The molecule has 1 atom stereocenters. The van der Waals surface area contributed by atoms with Crippen LogP contribution in [0, 0.1) is 5.92 Å². The highest BCUT2D eigenvalue weighted by Gasteiger charge is 2.29. The monoisotopic (exact) mass is 294 g/mol. The number of carboxylic acid groups (broad SMARTS) is 1. The van der Waals surface area contributed by atoms with Crippen molar-refractivity contribution >= 4 is 35.0 Å². The largest absolute Gasteiger partial charge is 0.481 e. The summed E-state index contributed by atoms with van der Waals surface area (Å²) in [5, 5.41) is 8.85. The van der Waals surface area contributed by atoms with Crippen LogP contribution in [-0.4, -0.2) is 35.0 Å². The number of carboxylic acids is 1. The number of nitrogen functional groups attached to an aromatic ring is 1. The Morgan fingerprint density at radius 3 is 2.75 bits per heavy atom. The molecular weight excluding hydrogens is 276 g/mol. The Kier molecular flexibility index (Phi) is 4.89. The third-order valence-electron chi connectivity index (χ3n) is 3.32. The third kappa shape index (κ3) is 3.45. The van der Waals surface area contributed by atoms with Crippen LogP contribution in [0.3, 0.4) is 0 Å². The Morgan fingerprint density at radius 1 is 1.40 bits per heavy atom. The van der Waals surface area contributed by atoms with E-state index in [4.69, 9.17) is 10.8 Å². The van der Waals surface area contributed by atoms with Gasteiger partial charge in [-0.05, 0) is 24.3 Å². The van der Waals surface area contributed by atoms with Gasteiger partial charge in [-0.15, -0.1) is 0 Å². The van der Waals surface area contributed by atoms with Crippen LogP contribution in [0.1, 0.15) is 12.8 Å². The van der Waals surface area contributed by atoms with E-state index in [9.17, 15) is 9.59 Å². The van der Waals surface area contributed by atoms with Crippen LogP contribution >= 0.6 is 11.8 Å². The molecule has 0 saturated carbocycles. The van der Waals surface area contributed by atoms with Crippen LogP contribution in [0.5, 0.6) is 0 Å². The van der Waals surface area contributed by atoms with Gasteiger partial charge in [-0.2, -0.15) is 11.8 Å². The third-order valence-corrected chi connectivity index (χ3v) is 4.48. The number of carbonyl (C=O) groups is 2. The highest BCUT2D eigenvalue weighted by molar-refractivity contribution is 7.99. The van der Waals surface area contributed by atoms with Crippen LogP contribution in [0.2, 0.25) is 0 Å². The topological polar surface area (TPSA) is 83.6 Å². The molecule has 0 bridgehead atoms. The summed E-state index contributed by atoms with van der Waals surface area (Å²) in [7, 11) is 0. The summed E-state index contributed by atoms with van der Waals surface area (Å²) in [5.41, 5.74) is 7.02. The van der Waals surface area contributed by atoms with Crippen molar-refractivity contribution in [3.8, 4) is 0 Å². The molecule has 2 rings (SSSR count). The fourth-order valence-electron chi connectivity index (χ4n) is 2.24. The molecule has 1 aliphatic heterocycles. The van der Waals surface area contributed by atoms with Gasteiger partial charge < -0.3 is 15.7 Å². The molecule has 1 unspecified atom stereocenters. The zero-order chi connectivity index (χ0) is 14.5. The highest BCUT2D eigenvalue weighted by atomic mass is 32.2. The van der Waals surface area contributed by atoms with E-state index in [-0.39, 0.29) is 24.8 Å². The Balaban J connectivity index is 2.21. The second kappa shape index (κ2) is 6.65. The fourth-order valence-corrected chi connectivity index (χ4v) is 3.45. The minimum Gasteiger partial charge on any atom is -0.481 e. The Labute approximate surface area is 122 Å². The lowest BCUT2D eigenvalue weighted by atomic mass is 10.1. The minimum atomic E-state index is -0.918. The molecule has 0 aromatic heterocycles. The number of aliphatic carboxylic acids is 1. The van der Waals surface area contributed by atoms with Gasteiger partial charge in [0.1, 0.15) is 0 Å². The van der Waals surface area contributed by atoms with Crippen molar-refractivity contribution in [1.82, 2.24) is 0 Å². The van der Waals surface area contributed by atoms with E-state index in [1.165, 1.54) is 4.90 Å². The number of hydrogen-bond donors (Lipinski definition) is 2. The predicted molar refractivity (Wildman–Crippen MR) is 80.9 cm³/mol. The molecule has 3 N–H and O–H groups in total. The number of thioether (sulfide) groups is 1. The van der Waals surface area contributed by atoms with Crippen molar-refractivity contribution in [2.24, 2.45) is 5.92 Å². The zero-order valence-electron chi connectivity index (χ0n) is 11.1. The van der Waals surface area contributed by atoms with Gasteiger partial charge in [0.05, 0.1) is 17.8 Å². The van der Waals surface area contributed by atoms with E-state index < -0.39 is 5.97 Å². The van der Waals surface area contributed by atoms with Crippen molar-refractivity contribution in [3.05, 3.63) is 24.3 Å². The van der Waals surface area contributed by atoms with Gasteiger partial charge in [-0.3, -0.25) is 9.59 Å². The second-order valence-electron chi connectivity index (χ2n) is 4.75. The van der Waals surface area contributed by atoms with E-state index in [0.717, 1.165) is 17.9 Å². The number of nitrogens with zero attached hydrogens (tertiary/aromatic N) is 1. The zero-order valence-corrected chi connectivity index (χ0v) is 11.9. The standard InChI is InChI=1S/C14H18N2O3S/c15-11-3-1-2-4-12(11)16(7-5-13(17)18)14(19)10-6-8-20-9-10/h1-4,10H,5-9,15H2,(H,17,18). The predicted octanol–water partition coefficient (Wildman–Crippen LogP) is 1.83. The van der Waals surface area contributed by atoms with Gasteiger partial charge in [-0.1, -0.05) is 12.1 Å². The van der Waals surface area contributed by atoms with Crippen molar-refractivity contribution in [2.75, 3.05) is 28.7 Å². The average Bonchev–Trinajstić information content (AvgIpc) is 2.94. The summed E-state index contributed by atoms with van der Waals surface area (Å²) in [4.78, 5) is 24.9. The number of hydrogen-bond acceptors (Lipinski definition) is 4. The van der Waals surface area contributed by atoms with Gasteiger partial charge in [0, 0.05) is 18.2 Å². The van der Waals surface area contributed by atoms with Gasteiger partial charge >= 0.3 is 5.97 Å². The van der Waals surface area contributed by atoms with E-state index in [1.807, 2.05) is 0 Å². The van der Waals surface area contributed by atoms with Crippen molar-refractivity contribution in [2.45, 2.75) is 12.8 Å². The number of nitrogens with two attached hydrogens (primary N) is 1. The summed E-state index contributed by atoms with van der Waals surface area (Å²) in [6.07, 6.45) is 0.764. The summed E-state index contributed by atoms with van der Waals surface area (Å²) >= 11 is 1.76. The van der Waals surface area contributed by atoms with Crippen molar-refractivity contribution in [1.29, 1.82) is 0 Å². The van der Waals surface area contributed by atoms with Gasteiger partial charge in [0.25, 0.3) is 0 Å². The quantitative estimate of drug-likeness (QED) is 0.809. The summed E-state index contributed by atoms with van der Waals surface area (Å²) in [5.74, 6) is 0.809. The van der Waals surface area contributed by atoms with Crippen LogP contribution in [0.4, 0.5) is 11.4 Å². The maximum atomic E-state index is 12.6. The maximum absolute atomic E-state index is 12.6. The lowest BCUT2D eigenvalue weighted by Gasteiger charge is -2.26. The normalized spacial score (nSPS) is 17.9. The smallest absolute Gasteiger partial charge is 0.305 e. The molecule has 0 radical (unpaired) electrons. The molecule has 1 amide bonds. The molecule has 1 aliphatic rings. The SMILES string of the molecule is Nc1ccccc1N(CCC(=O)O)C(=O)C1CCSC1. The van der Waals surface area contributed by atoms with E-state index in [1.54, 1.807) is 36.0 Å². The first-order chi connectivity index (χ1) is 9.59.